The fraction of sp³-hybridized carbons (Fsp3) is 0.400. The highest BCUT2D eigenvalue weighted by Crippen LogP contribution is 2.32. The maximum absolute atomic E-state index is 9.74. The lowest BCUT2D eigenvalue weighted by Crippen LogP contribution is -2.39. The molecule has 0 unspecified atom stereocenters. The van der Waals surface area contributed by atoms with Crippen molar-refractivity contribution in [2.75, 3.05) is 11.9 Å². The minimum atomic E-state index is -0.239. The molecular formula is C15H17N5OS. The van der Waals surface area contributed by atoms with Gasteiger partial charge in [0, 0.05) is 10.9 Å². The van der Waals surface area contributed by atoms with Gasteiger partial charge in [0.05, 0.1) is 12.1 Å². The quantitative estimate of drug-likeness (QED) is 0.774. The first-order valence-corrected chi connectivity index (χ1v) is 8.38. The van der Waals surface area contributed by atoms with E-state index in [2.05, 4.69) is 20.6 Å². The third kappa shape index (κ3) is 2.26. The van der Waals surface area contributed by atoms with Gasteiger partial charge in [-0.25, -0.2) is 0 Å². The number of thiophene rings is 1. The second kappa shape index (κ2) is 5.33. The summed E-state index contributed by atoms with van der Waals surface area (Å²) in [5, 5.41) is 30.2. The van der Waals surface area contributed by atoms with Crippen LogP contribution in [-0.2, 0) is 0 Å². The Morgan fingerprint density at radius 1 is 1.23 bits per heavy atom. The molecule has 3 aromatic rings. The van der Waals surface area contributed by atoms with Crippen LogP contribution in [0.1, 0.15) is 25.7 Å². The molecule has 0 atom stereocenters. The lowest BCUT2D eigenvalue weighted by Gasteiger charge is -2.28. The van der Waals surface area contributed by atoms with Crippen molar-refractivity contribution in [2.24, 2.45) is 0 Å². The van der Waals surface area contributed by atoms with Crippen LogP contribution >= 0.6 is 11.3 Å². The largest absolute Gasteiger partial charge is 0.394 e. The summed E-state index contributed by atoms with van der Waals surface area (Å²) in [5.74, 6) is 1.49. The van der Waals surface area contributed by atoms with E-state index < -0.39 is 0 Å². The van der Waals surface area contributed by atoms with Crippen LogP contribution in [0.15, 0.2) is 29.0 Å². The van der Waals surface area contributed by atoms with Gasteiger partial charge in [-0.15, -0.1) is 15.3 Å². The molecule has 7 heteroatoms. The summed E-state index contributed by atoms with van der Waals surface area (Å²) < 4.78 is 1.75. The van der Waals surface area contributed by atoms with Gasteiger partial charge in [-0.1, -0.05) is 12.8 Å². The Balaban J connectivity index is 1.72. The van der Waals surface area contributed by atoms with E-state index in [-0.39, 0.29) is 12.1 Å². The van der Waals surface area contributed by atoms with Crippen molar-refractivity contribution in [3.05, 3.63) is 29.0 Å². The number of nitrogens with one attached hydrogen (secondary N) is 1. The van der Waals surface area contributed by atoms with E-state index >= 15 is 0 Å². The molecule has 0 radical (unpaired) electrons. The van der Waals surface area contributed by atoms with Crippen LogP contribution in [0.3, 0.4) is 0 Å². The molecule has 0 amide bonds. The first-order valence-electron chi connectivity index (χ1n) is 7.44. The van der Waals surface area contributed by atoms with Crippen LogP contribution < -0.4 is 5.32 Å². The van der Waals surface area contributed by atoms with Crippen molar-refractivity contribution >= 4 is 22.8 Å². The van der Waals surface area contributed by atoms with Gasteiger partial charge in [0.1, 0.15) is 5.82 Å². The Hall–Kier alpha value is -1.99. The molecule has 1 aliphatic carbocycles. The lowest BCUT2D eigenvalue weighted by atomic mass is 9.99. The summed E-state index contributed by atoms with van der Waals surface area (Å²) in [6.45, 7) is 0.131. The van der Waals surface area contributed by atoms with Gasteiger partial charge in [-0.2, -0.15) is 15.9 Å². The second-order valence-corrected chi connectivity index (χ2v) is 6.57. The molecule has 6 nitrogen and oxygen atoms in total. The number of aromatic nitrogens is 4. The Labute approximate surface area is 131 Å². The monoisotopic (exact) mass is 315 g/mol. The van der Waals surface area contributed by atoms with E-state index in [0.717, 1.165) is 48.5 Å². The van der Waals surface area contributed by atoms with Crippen LogP contribution in [0.4, 0.5) is 5.82 Å². The smallest absolute Gasteiger partial charge is 0.186 e. The zero-order valence-electron chi connectivity index (χ0n) is 12.1. The van der Waals surface area contributed by atoms with Gasteiger partial charge >= 0.3 is 0 Å². The zero-order chi connectivity index (χ0) is 15.0. The van der Waals surface area contributed by atoms with E-state index in [1.165, 1.54) is 0 Å². The highest BCUT2D eigenvalue weighted by molar-refractivity contribution is 7.08. The number of hydrogen-bond acceptors (Lipinski definition) is 6. The standard InChI is InChI=1S/C15H17N5OS/c21-10-15(6-1-2-7-15)16-12-3-4-13-17-18-14(20(13)19-12)11-5-8-22-9-11/h3-5,8-9,21H,1-2,6-7,10H2,(H,16,19). The minimum Gasteiger partial charge on any atom is -0.394 e. The maximum Gasteiger partial charge on any atom is 0.186 e. The van der Waals surface area contributed by atoms with Crippen LogP contribution in [0.5, 0.6) is 0 Å². The maximum atomic E-state index is 9.74. The van der Waals surface area contributed by atoms with Crippen molar-refractivity contribution in [2.45, 2.75) is 31.2 Å². The van der Waals surface area contributed by atoms with Crippen molar-refractivity contribution in [1.29, 1.82) is 0 Å². The van der Waals surface area contributed by atoms with Crippen molar-refractivity contribution in [3.8, 4) is 11.4 Å². The third-order valence-corrected chi connectivity index (χ3v) is 4.98. The van der Waals surface area contributed by atoms with E-state index in [0.29, 0.717) is 0 Å². The highest BCUT2D eigenvalue weighted by Gasteiger charge is 2.33. The summed E-state index contributed by atoms with van der Waals surface area (Å²) in [7, 11) is 0. The number of hydrogen-bond donors (Lipinski definition) is 2. The minimum absolute atomic E-state index is 0.131. The molecule has 22 heavy (non-hydrogen) atoms. The number of fused-ring (bicyclic) bond motifs is 1. The second-order valence-electron chi connectivity index (χ2n) is 5.79. The Morgan fingerprint density at radius 2 is 2.09 bits per heavy atom. The summed E-state index contributed by atoms with van der Waals surface area (Å²) in [5.41, 5.74) is 1.49. The normalized spacial score (nSPS) is 17.1. The number of anilines is 1. The molecule has 0 aromatic carbocycles. The van der Waals surface area contributed by atoms with Crippen molar-refractivity contribution < 1.29 is 5.11 Å². The van der Waals surface area contributed by atoms with Gasteiger partial charge in [-0.05, 0) is 36.4 Å². The van der Waals surface area contributed by atoms with Crippen LogP contribution in [0.25, 0.3) is 17.0 Å². The molecule has 3 aromatic heterocycles. The fourth-order valence-electron chi connectivity index (χ4n) is 3.07. The topological polar surface area (TPSA) is 75.3 Å². The molecule has 3 heterocycles. The molecular weight excluding hydrogens is 298 g/mol. The van der Waals surface area contributed by atoms with Crippen molar-refractivity contribution in [3.63, 3.8) is 0 Å². The molecule has 0 bridgehead atoms. The van der Waals surface area contributed by atoms with Crippen LogP contribution in [-0.4, -0.2) is 37.1 Å². The molecule has 0 aliphatic heterocycles. The first-order chi connectivity index (χ1) is 10.8. The van der Waals surface area contributed by atoms with Gasteiger partial charge in [-0.3, -0.25) is 0 Å². The molecule has 0 saturated heterocycles. The SMILES string of the molecule is OCC1(Nc2ccc3nnc(-c4ccsc4)n3n2)CCCC1. The van der Waals surface area contributed by atoms with Crippen LogP contribution in [0.2, 0.25) is 0 Å². The molecule has 1 fully saturated rings. The first kappa shape index (κ1) is 13.7. The number of aliphatic hydroxyl groups is 1. The lowest BCUT2D eigenvalue weighted by molar-refractivity contribution is 0.213. The van der Waals surface area contributed by atoms with E-state index in [4.69, 9.17) is 0 Å². The predicted octanol–water partition coefficient (Wildman–Crippen LogP) is 2.57. The number of aliphatic hydroxyl groups excluding tert-OH is 1. The van der Waals surface area contributed by atoms with Gasteiger partial charge in [0.2, 0.25) is 0 Å². The van der Waals surface area contributed by atoms with Gasteiger partial charge in [0.15, 0.2) is 11.5 Å². The zero-order valence-corrected chi connectivity index (χ0v) is 12.9. The Morgan fingerprint density at radius 3 is 2.82 bits per heavy atom. The Bertz CT molecular complexity index is 776. The number of nitrogens with zero attached hydrogens (tertiary/aromatic N) is 4. The van der Waals surface area contributed by atoms with Crippen LogP contribution in [0, 0.1) is 0 Å². The van der Waals surface area contributed by atoms with E-state index in [1.54, 1.807) is 15.9 Å². The average molecular weight is 315 g/mol. The predicted molar refractivity (Wildman–Crippen MR) is 86.0 cm³/mol. The van der Waals surface area contributed by atoms with Gasteiger partial charge < -0.3 is 10.4 Å². The fourth-order valence-corrected chi connectivity index (χ4v) is 3.71. The third-order valence-electron chi connectivity index (χ3n) is 4.30. The van der Waals surface area contributed by atoms with E-state index in [1.807, 2.05) is 29.0 Å². The van der Waals surface area contributed by atoms with E-state index in [9.17, 15) is 5.11 Å². The molecule has 0 spiro atoms. The number of rotatable bonds is 4. The molecule has 2 N–H and O–H groups in total. The van der Waals surface area contributed by atoms with Gasteiger partial charge in [0.25, 0.3) is 0 Å². The molecule has 4 rings (SSSR count). The molecule has 1 saturated carbocycles. The average Bonchev–Trinajstić information content (AvgIpc) is 3.27. The highest BCUT2D eigenvalue weighted by atomic mass is 32.1. The summed E-state index contributed by atoms with van der Waals surface area (Å²) >= 11 is 1.62. The molecule has 1 aliphatic rings. The summed E-state index contributed by atoms with van der Waals surface area (Å²) in [6, 6.07) is 5.81. The molecule has 114 valence electrons. The summed E-state index contributed by atoms with van der Waals surface area (Å²) in [6.07, 6.45) is 4.23. The summed E-state index contributed by atoms with van der Waals surface area (Å²) in [4.78, 5) is 0. The van der Waals surface area contributed by atoms with Crippen molar-refractivity contribution in [1.82, 2.24) is 19.8 Å². The Kier molecular flexibility index (Phi) is 3.31.